The van der Waals surface area contributed by atoms with E-state index in [9.17, 15) is 13.9 Å². The number of benzene rings is 3. The quantitative estimate of drug-likeness (QED) is 0.277. The maximum absolute atomic E-state index is 14.6. The number of hydrazone groups is 1. The minimum absolute atomic E-state index is 0.0464. The van der Waals surface area contributed by atoms with Crippen molar-refractivity contribution >= 4 is 35.1 Å². The maximum Gasteiger partial charge on any atom is 0.319 e. The van der Waals surface area contributed by atoms with Crippen molar-refractivity contribution in [3.63, 3.8) is 0 Å². The first-order chi connectivity index (χ1) is 17.8. The van der Waals surface area contributed by atoms with Gasteiger partial charge in [-0.15, -0.1) is 0 Å². The Bertz CT molecular complexity index is 1440. The minimum atomic E-state index is -2.16. The molecule has 0 saturated heterocycles. The lowest BCUT2D eigenvalue weighted by Crippen LogP contribution is -2.45. The zero-order chi connectivity index (χ0) is 26.2. The van der Waals surface area contributed by atoms with Gasteiger partial charge in [0, 0.05) is 28.7 Å². The molecule has 3 aromatic carbocycles. The lowest BCUT2D eigenvalue weighted by Gasteiger charge is -2.34. The van der Waals surface area contributed by atoms with E-state index < -0.39 is 23.5 Å². The summed E-state index contributed by atoms with van der Waals surface area (Å²) >= 11 is 12.5. The predicted molar refractivity (Wildman–Crippen MR) is 137 cm³/mol. The summed E-state index contributed by atoms with van der Waals surface area (Å²) in [4.78, 5) is 3.88. The van der Waals surface area contributed by atoms with Gasteiger partial charge in [0.2, 0.25) is 0 Å². The monoisotopic (exact) mass is 543 g/mol. The van der Waals surface area contributed by atoms with Crippen molar-refractivity contribution in [3.8, 4) is 5.75 Å². The third-order valence-corrected chi connectivity index (χ3v) is 6.82. The highest BCUT2D eigenvalue weighted by Gasteiger charge is 2.42. The lowest BCUT2D eigenvalue weighted by atomic mass is 9.96. The average Bonchev–Trinajstić information content (AvgIpc) is 3.57. The predicted octanol–water partition coefficient (Wildman–Crippen LogP) is 6.29. The molecule has 0 aliphatic carbocycles. The van der Waals surface area contributed by atoms with Crippen molar-refractivity contribution in [2.24, 2.45) is 5.10 Å². The summed E-state index contributed by atoms with van der Waals surface area (Å²) in [6.07, 6.45) is 4.94. The van der Waals surface area contributed by atoms with Crippen molar-refractivity contribution in [2.45, 2.75) is 31.2 Å². The van der Waals surface area contributed by atoms with Crippen LogP contribution in [0.15, 0.2) is 78.4 Å². The van der Waals surface area contributed by atoms with Crippen LogP contribution in [0.25, 0.3) is 0 Å². The van der Waals surface area contributed by atoms with Crippen LogP contribution >= 0.6 is 23.2 Å². The number of anilines is 1. The summed E-state index contributed by atoms with van der Waals surface area (Å²) in [6.45, 7) is 1.55. The highest BCUT2D eigenvalue weighted by molar-refractivity contribution is 6.35. The van der Waals surface area contributed by atoms with E-state index in [0.717, 1.165) is 28.1 Å². The summed E-state index contributed by atoms with van der Waals surface area (Å²) < 4.78 is 35.1. The Hall–Kier alpha value is -3.53. The van der Waals surface area contributed by atoms with E-state index in [4.69, 9.17) is 27.9 Å². The standard InChI is InChI=1S/C26H21Cl2F2N5O2/c1-16(21-9-3-18(29)13-24(21)30)26(36,34-15-31-14-33-34)37-20-6-4-19(5-7-20)35-25(10-11-32-35)22-8-2-17(27)12-23(22)28/h2-9,11-16,25,36H,10H2,1H3. The number of hydrogen-bond acceptors (Lipinski definition) is 6. The Morgan fingerprint density at radius 3 is 2.54 bits per heavy atom. The van der Waals surface area contributed by atoms with Gasteiger partial charge in [-0.25, -0.2) is 13.8 Å². The number of aromatic nitrogens is 3. The molecule has 190 valence electrons. The van der Waals surface area contributed by atoms with E-state index >= 15 is 0 Å². The van der Waals surface area contributed by atoms with E-state index in [1.165, 1.54) is 18.7 Å². The summed E-state index contributed by atoms with van der Waals surface area (Å²) in [5.74, 6) is -4.42. The van der Waals surface area contributed by atoms with Crippen molar-refractivity contribution in [3.05, 3.63) is 106 Å². The average molecular weight is 544 g/mol. The van der Waals surface area contributed by atoms with Crippen LogP contribution in [-0.2, 0) is 5.91 Å². The largest absolute Gasteiger partial charge is 0.442 e. The molecule has 1 aromatic heterocycles. The van der Waals surface area contributed by atoms with E-state index in [0.29, 0.717) is 16.5 Å². The highest BCUT2D eigenvalue weighted by atomic mass is 35.5. The Morgan fingerprint density at radius 1 is 1.08 bits per heavy atom. The molecule has 37 heavy (non-hydrogen) atoms. The summed E-state index contributed by atoms with van der Waals surface area (Å²) in [6, 6.07) is 15.2. The number of nitrogens with zero attached hydrogens (tertiary/aromatic N) is 5. The number of ether oxygens (including phenoxy) is 1. The van der Waals surface area contributed by atoms with Gasteiger partial charge in [0.15, 0.2) is 0 Å². The zero-order valence-electron chi connectivity index (χ0n) is 19.5. The van der Waals surface area contributed by atoms with Gasteiger partial charge in [-0.1, -0.05) is 35.3 Å². The highest BCUT2D eigenvalue weighted by Crippen LogP contribution is 2.39. The van der Waals surface area contributed by atoms with Crippen molar-refractivity contribution in [2.75, 3.05) is 5.01 Å². The van der Waals surface area contributed by atoms with Crippen LogP contribution in [0.1, 0.15) is 36.4 Å². The molecule has 1 aliphatic rings. The van der Waals surface area contributed by atoms with Gasteiger partial charge in [0.25, 0.3) is 0 Å². The molecule has 0 spiro atoms. The molecule has 7 nitrogen and oxygen atoms in total. The third kappa shape index (κ3) is 4.90. The number of rotatable bonds is 7. The van der Waals surface area contributed by atoms with Crippen LogP contribution < -0.4 is 9.75 Å². The Balaban J connectivity index is 1.42. The van der Waals surface area contributed by atoms with Crippen LogP contribution in [0.2, 0.25) is 10.0 Å². The summed E-state index contributed by atoms with van der Waals surface area (Å²) in [5, 5.41) is 23.0. The van der Waals surface area contributed by atoms with Crippen molar-refractivity contribution < 1.29 is 18.6 Å². The molecule has 0 bridgehead atoms. The summed E-state index contributed by atoms with van der Waals surface area (Å²) in [5.41, 5.74) is 1.70. The number of hydrogen-bond donors (Lipinski definition) is 1. The molecular weight excluding hydrogens is 523 g/mol. The molecule has 1 N–H and O–H groups in total. The Kier molecular flexibility index (Phi) is 6.85. The van der Waals surface area contributed by atoms with E-state index in [1.54, 1.807) is 43.3 Å². The molecule has 0 fully saturated rings. The van der Waals surface area contributed by atoms with Gasteiger partial charge in [0.1, 0.15) is 30.0 Å². The molecule has 0 amide bonds. The number of aliphatic hydroxyl groups is 1. The molecule has 11 heteroatoms. The van der Waals surface area contributed by atoms with Crippen LogP contribution in [0, 0.1) is 11.6 Å². The maximum atomic E-state index is 14.6. The fraction of sp³-hybridized carbons (Fsp3) is 0.192. The number of halogens is 4. The molecule has 2 heterocycles. The minimum Gasteiger partial charge on any atom is -0.442 e. The normalized spacial score (nSPS) is 17.6. The van der Waals surface area contributed by atoms with Gasteiger partial charge < -0.3 is 9.84 Å². The first-order valence-electron chi connectivity index (χ1n) is 11.3. The first kappa shape index (κ1) is 25.1. The third-order valence-electron chi connectivity index (χ3n) is 6.26. The lowest BCUT2D eigenvalue weighted by molar-refractivity contribution is -0.229. The van der Waals surface area contributed by atoms with E-state index in [1.807, 2.05) is 17.3 Å². The molecular formula is C26H21Cl2F2N5O2. The van der Waals surface area contributed by atoms with Gasteiger partial charge in [-0.3, -0.25) is 5.01 Å². The molecule has 5 rings (SSSR count). The molecule has 4 aromatic rings. The fourth-order valence-electron chi connectivity index (χ4n) is 4.30. The van der Waals surface area contributed by atoms with Gasteiger partial charge in [0.05, 0.1) is 17.6 Å². The fourth-order valence-corrected chi connectivity index (χ4v) is 4.83. The Labute approximate surface area is 221 Å². The van der Waals surface area contributed by atoms with Gasteiger partial charge in [-0.2, -0.15) is 14.9 Å². The second kappa shape index (κ2) is 10.1. The van der Waals surface area contributed by atoms with Crippen molar-refractivity contribution in [1.82, 2.24) is 14.8 Å². The SMILES string of the molecule is CC(c1ccc(F)cc1F)C(O)(Oc1ccc(N2N=CCC2c2ccc(Cl)cc2Cl)cc1)n1cncn1. The Morgan fingerprint density at radius 2 is 1.86 bits per heavy atom. The smallest absolute Gasteiger partial charge is 0.319 e. The zero-order valence-corrected chi connectivity index (χ0v) is 21.0. The van der Waals surface area contributed by atoms with E-state index in [2.05, 4.69) is 15.2 Å². The molecule has 0 saturated carbocycles. The second-order valence-corrected chi connectivity index (χ2v) is 9.39. The topological polar surface area (TPSA) is 75.8 Å². The van der Waals surface area contributed by atoms with Crippen LogP contribution in [0.3, 0.4) is 0 Å². The van der Waals surface area contributed by atoms with Gasteiger partial charge >= 0.3 is 5.91 Å². The van der Waals surface area contributed by atoms with E-state index in [-0.39, 0.29) is 17.4 Å². The van der Waals surface area contributed by atoms with Gasteiger partial charge in [-0.05, 0) is 60.5 Å². The molecule has 0 radical (unpaired) electrons. The first-order valence-corrected chi connectivity index (χ1v) is 12.1. The molecule has 1 aliphatic heterocycles. The molecule has 3 unspecified atom stereocenters. The molecule has 3 atom stereocenters. The second-order valence-electron chi connectivity index (χ2n) is 8.54. The summed E-state index contributed by atoms with van der Waals surface area (Å²) in [7, 11) is 0. The van der Waals surface area contributed by atoms with Crippen LogP contribution in [0.5, 0.6) is 5.75 Å². The van der Waals surface area contributed by atoms with Crippen LogP contribution in [-0.4, -0.2) is 26.1 Å². The van der Waals surface area contributed by atoms with Crippen LogP contribution in [0.4, 0.5) is 14.5 Å². The van der Waals surface area contributed by atoms with Crippen molar-refractivity contribution in [1.29, 1.82) is 0 Å².